The van der Waals surface area contributed by atoms with Crippen molar-refractivity contribution < 1.29 is 4.74 Å². The van der Waals surface area contributed by atoms with Crippen molar-refractivity contribution in [1.29, 1.82) is 0 Å². The van der Waals surface area contributed by atoms with Crippen molar-refractivity contribution in [3.05, 3.63) is 42.3 Å². The summed E-state index contributed by atoms with van der Waals surface area (Å²) in [6.07, 6.45) is 7.99. The standard InChI is InChI=1S/C16H16N4OS/c1-4-18-13-3-8-22-16(13)14(1)20-7-2-12(10-20)11-21-15-9-17-5-6-19-15/h1,3-6,8-9,12H,2,7,10-11H2. The topological polar surface area (TPSA) is 51.1 Å². The lowest BCUT2D eigenvalue weighted by Gasteiger charge is -2.19. The number of rotatable bonds is 4. The molecule has 0 aliphatic carbocycles. The van der Waals surface area contributed by atoms with E-state index < -0.39 is 0 Å². The van der Waals surface area contributed by atoms with Crippen LogP contribution in [0.1, 0.15) is 6.42 Å². The molecule has 0 amide bonds. The minimum Gasteiger partial charge on any atom is -0.476 e. The Kier molecular flexibility index (Phi) is 3.60. The molecule has 1 atom stereocenters. The van der Waals surface area contributed by atoms with Crippen molar-refractivity contribution in [3.8, 4) is 5.88 Å². The number of ether oxygens (including phenoxy) is 1. The minimum absolute atomic E-state index is 0.519. The zero-order chi connectivity index (χ0) is 14.8. The maximum atomic E-state index is 5.74. The van der Waals surface area contributed by atoms with Gasteiger partial charge in [-0.15, -0.1) is 11.3 Å². The second-order valence-electron chi connectivity index (χ2n) is 5.42. The van der Waals surface area contributed by atoms with Crippen LogP contribution in [0, 0.1) is 5.92 Å². The number of aromatic nitrogens is 3. The van der Waals surface area contributed by atoms with Gasteiger partial charge in [0.2, 0.25) is 5.88 Å². The molecule has 1 aliphatic rings. The van der Waals surface area contributed by atoms with E-state index in [2.05, 4.69) is 37.4 Å². The highest BCUT2D eigenvalue weighted by Crippen LogP contribution is 2.33. The third-order valence-corrected chi connectivity index (χ3v) is 4.88. The van der Waals surface area contributed by atoms with Gasteiger partial charge in [0.05, 0.1) is 28.7 Å². The van der Waals surface area contributed by atoms with Crippen LogP contribution in [-0.2, 0) is 0 Å². The number of pyridine rings is 1. The second kappa shape index (κ2) is 5.88. The van der Waals surface area contributed by atoms with Gasteiger partial charge >= 0.3 is 0 Å². The summed E-state index contributed by atoms with van der Waals surface area (Å²) in [6, 6.07) is 4.19. The van der Waals surface area contributed by atoms with Crippen molar-refractivity contribution in [2.45, 2.75) is 6.42 Å². The Bertz CT molecular complexity index is 761. The first kappa shape index (κ1) is 13.5. The Morgan fingerprint density at radius 2 is 2.23 bits per heavy atom. The van der Waals surface area contributed by atoms with Crippen LogP contribution < -0.4 is 9.64 Å². The zero-order valence-corrected chi connectivity index (χ0v) is 12.9. The number of thiophene rings is 1. The summed E-state index contributed by atoms with van der Waals surface area (Å²) < 4.78 is 7.01. The molecule has 0 N–H and O–H groups in total. The van der Waals surface area contributed by atoms with E-state index in [1.165, 1.54) is 10.4 Å². The highest BCUT2D eigenvalue weighted by atomic mass is 32.1. The van der Waals surface area contributed by atoms with Gasteiger partial charge in [0, 0.05) is 37.6 Å². The predicted octanol–water partition coefficient (Wildman–Crippen LogP) is 2.99. The van der Waals surface area contributed by atoms with Crippen LogP contribution in [0.3, 0.4) is 0 Å². The lowest BCUT2D eigenvalue weighted by molar-refractivity contribution is 0.251. The summed E-state index contributed by atoms with van der Waals surface area (Å²) in [5.41, 5.74) is 2.38. The molecule has 6 heteroatoms. The molecule has 1 saturated heterocycles. The first-order valence-electron chi connectivity index (χ1n) is 7.36. The second-order valence-corrected chi connectivity index (χ2v) is 6.34. The molecule has 0 bridgehead atoms. The van der Waals surface area contributed by atoms with Gasteiger partial charge in [-0.2, -0.15) is 0 Å². The van der Waals surface area contributed by atoms with E-state index in [-0.39, 0.29) is 0 Å². The van der Waals surface area contributed by atoms with Crippen LogP contribution in [0.4, 0.5) is 5.69 Å². The number of fused-ring (bicyclic) bond motifs is 1. The SMILES string of the molecule is c1cnc(OCC2CCN(c3ccnc4ccsc34)C2)cn1. The van der Waals surface area contributed by atoms with E-state index in [0.29, 0.717) is 18.4 Å². The average Bonchev–Trinajstić information content (AvgIpc) is 3.22. The summed E-state index contributed by atoms with van der Waals surface area (Å²) >= 11 is 1.76. The van der Waals surface area contributed by atoms with Gasteiger partial charge in [-0.1, -0.05) is 0 Å². The molecule has 0 aromatic carbocycles. The molecule has 1 fully saturated rings. The van der Waals surface area contributed by atoms with E-state index in [1.54, 1.807) is 29.9 Å². The van der Waals surface area contributed by atoms with Crippen molar-refractivity contribution >= 4 is 27.2 Å². The smallest absolute Gasteiger partial charge is 0.232 e. The molecule has 0 saturated carbocycles. The minimum atomic E-state index is 0.519. The average molecular weight is 312 g/mol. The largest absolute Gasteiger partial charge is 0.476 e. The lowest BCUT2D eigenvalue weighted by Crippen LogP contribution is -2.22. The van der Waals surface area contributed by atoms with Crippen molar-refractivity contribution in [3.63, 3.8) is 0 Å². The normalized spacial score (nSPS) is 18.0. The number of hydrogen-bond acceptors (Lipinski definition) is 6. The first-order valence-corrected chi connectivity index (χ1v) is 8.24. The molecule has 3 aromatic rings. The maximum absolute atomic E-state index is 5.74. The van der Waals surface area contributed by atoms with E-state index in [9.17, 15) is 0 Å². The monoisotopic (exact) mass is 312 g/mol. The van der Waals surface area contributed by atoms with Gasteiger partial charge in [-0.25, -0.2) is 4.98 Å². The van der Waals surface area contributed by atoms with Crippen molar-refractivity contribution in [2.75, 3.05) is 24.6 Å². The molecular formula is C16H16N4OS. The molecule has 22 heavy (non-hydrogen) atoms. The third-order valence-electron chi connectivity index (χ3n) is 3.96. The van der Waals surface area contributed by atoms with Crippen molar-refractivity contribution in [1.82, 2.24) is 15.0 Å². The van der Waals surface area contributed by atoms with Gasteiger partial charge in [-0.05, 0) is 23.9 Å². The van der Waals surface area contributed by atoms with E-state index >= 15 is 0 Å². The van der Waals surface area contributed by atoms with Crippen LogP contribution in [0.25, 0.3) is 10.2 Å². The van der Waals surface area contributed by atoms with Crippen LogP contribution in [0.5, 0.6) is 5.88 Å². The predicted molar refractivity (Wildman–Crippen MR) is 87.5 cm³/mol. The van der Waals surface area contributed by atoms with Gasteiger partial charge in [0.1, 0.15) is 0 Å². The highest BCUT2D eigenvalue weighted by molar-refractivity contribution is 7.17. The van der Waals surface area contributed by atoms with E-state index in [4.69, 9.17) is 4.74 Å². The Morgan fingerprint density at radius 3 is 3.14 bits per heavy atom. The summed E-state index contributed by atoms with van der Waals surface area (Å²) in [5.74, 6) is 1.12. The molecule has 112 valence electrons. The quantitative estimate of drug-likeness (QED) is 0.741. The molecular weight excluding hydrogens is 296 g/mol. The fourth-order valence-corrected chi connectivity index (χ4v) is 3.75. The molecule has 1 aliphatic heterocycles. The Labute approximate surface area is 132 Å². The van der Waals surface area contributed by atoms with Gasteiger partial charge < -0.3 is 9.64 Å². The summed E-state index contributed by atoms with van der Waals surface area (Å²) in [4.78, 5) is 15.0. The molecule has 3 aromatic heterocycles. The van der Waals surface area contributed by atoms with Gasteiger partial charge in [0.15, 0.2) is 0 Å². The molecule has 1 unspecified atom stereocenters. The van der Waals surface area contributed by atoms with Crippen LogP contribution >= 0.6 is 11.3 Å². The molecule has 0 radical (unpaired) electrons. The van der Waals surface area contributed by atoms with Crippen molar-refractivity contribution in [2.24, 2.45) is 5.92 Å². The van der Waals surface area contributed by atoms with Gasteiger partial charge in [0.25, 0.3) is 0 Å². The first-order chi connectivity index (χ1) is 10.9. The number of nitrogens with zero attached hydrogens (tertiary/aromatic N) is 4. The lowest BCUT2D eigenvalue weighted by atomic mass is 10.1. The Hall–Kier alpha value is -2.21. The molecule has 0 spiro atoms. The summed E-state index contributed by atoms with van der Waals surface area (Å²) in [5, 5.41) is 2.10. The van der Waals surface area contributed by atoms with E-state index in [1.807, 2.05) is 6.20 Å². The van der Waals surface area contributed by atoms with E-state index in [0.717, 1.165) is 25.0 Å². The third kappa shape index (κ3) is 2.62. The molecule has 4 heterocycles. The summed E-state index contributed by atoms with van der Waals surface area (Å²) in [6.45, 7) is 2.76. The Balaban J connectivity index is 1.43. The summed E-state index contributed by atoms with van der Waals surface area (Å²) in [7, 11) is 0. The molecule has 5 nitrogen and oxygen atoms in total. The Morgan fingerprint density at radius 1 is 1.23 bits per heavy atom. The number of anilines is 1. The fourth-order valence-electron chi connectivity index (χ4n) is 2.86. The van der Waals surface area contributed by atoms with Crippen LogP contribution in [0.15, 0.2) is 42.3 Å². The highest BCUT2D eigenvalue weighted by Gasteiger charge is 2.25. The zero-order valence-electron chi connectivity index (χ0n) is 12.1. The number of hydrogen-bond donors (Lipinski definition) is 0. The van der Waals surface area contributed by atoms with Crippen LogP contribution in [-0.4, -0.2) is 34.6 Å². The van der Waals surface area contributed by atoms with Gasteiger partial charge in [-0.3, -0.25) is 9.97 Å². The molecule has 4 rings (SSSR count). The fraction of sp³-hybridized carbons (Fsp3) is 0.312. The maximum Gasteiger partial charge on any atom is 0.232 e. The van der Waals surface area contributed by atoms with Crippen LogP contribution in [0.2, 0.25) is 0 Å².